The van der Waals surface area contributed by atoms with Crippen LogP contribution in [0.2, 0.25) is 0 Å². The first kappa shape index (κ1) is 38.9. The lowest BCUT2D eigenvalue weighted by Gasteiger charge is -2.35. The SMILES string of the molecule is CC(C)N(NC(=O)OCc1ccccc1)C(=O)CCC(C(=O)O)N1CCN(CC(=O)O)CCN(CC(=O)O)CCN(CC(=O)O)CC1. The van der Waals surface area contributed by atoms with Gasteiger partial charge in [-0.1, -0.05) is 30.3 Å². The molecule has 1 aromatic carbocycles. The summed E-state index contributed by atoms with van der Waals surface area (Å²) in [6.07, 6.45) is -1.26. The van der Waals surface area contributed by atoms with E-state index in [0.717, 1.165) is 10.6 Å². The molecule has 0 bridgehead atoms. The van der Waals surface area contributed by atoms with Crippen molar-refractivity contribution in [2.24, 2.45) is 0 Å². The Bertz CT molecular complexity index is 1170. The number of amides is 2. The van der Waals surface area contributed by atoms with Crippen LogP contribution in [0.4, 0.5) is 4.79 Å². The van der Waals surface area contributed by atoms with E-state index in [4.69, 9.17) is 4.74 Å². The smallest absolute Gasteiger partial charge is 0.426 e. The molecule has 5 N–H and O–H groups in total. The molecule has 1 heterocycles. The molecule has 17 nitrogen and oxygen atoms in total. The third kappa shape index (κ3) is 15.2. The van der Waals surface area contributed by atoms with E-state index in [9.17, 15) is 49.2 Å². The first-order valence-corrected chi connectivity index (χ1v) is 15.3. The zero-order valence-corrected chi connectivity index (χ0v) is 26.8. The van der Waals surface area contributed by atoms with E-state index >= 15 is 0 Å². The Hall–Kier alpha value is -4.32. The molecule has 1 saturated heterocycles. The minimum atomic E-state index is -1.22. The Kier molecular flexibility index (Phi) is 16.6. The fourth-order valence-corrected chi connectivity index (χ4v) is 5.09. The minimum absolute atomic E-state index is 0.0156. The maximum absolute atomic E-state index is 13.2. The number of ether oxygens (including phenoxy) is 1. The highest BCUT2D eigenvalue weighted by molar-refractivity contribution is 5.81. The van der Waals surface area contributed by atoms with Crippen LogP contribution in [0.1, 0.15) is 32.3 Å². The van der Waals surface area contributed by atoms with Gasteiger partial charge in [-0.3, -0.25) is 43.6 Å². The molecule has 1 aromatic rings. The number of carboxylic acid groups (broad SMARTS) is 4. The number of nitrogens with zero attached hydrogens (tertiary/aromatic N) is 5. The molecule has 0 saturated carbocycles. The summed E-state index contributed by atoms with van der Waals surface area (Å²) in [4.78, 5) is 79.0. The van der Waals surface area contributed by atoms with Gasteiger partial charge in [-0.05, 0) is 25.8 Å². The zero-order valence-electron chi connectivity index (χ0n) is 26.8. The van der Waals surface area contributed by atoms with E-state index in [1.165, 1.54) is 0 Å². The van der Waals surface area contributed by atoms with Crippen LogP contribution in [-0.2, 0) is 35.3 Å². The van der Waals surface area contributed by atoms with E-state index in [1.807, 2.05) is 6.07 Å². The summed E-state index contributed by atoms with van der Waals surface area (Å²) >= 11 is 0. The summed E-state index contributed by atoms with van der Waals surface area (Å²) in [5.41, 5.74) is 3.18. The van der Waals surface area contributed by atoms with E-state index in [1.54, 1.807) is 57.7 Å². The van der Waals surface area contributed by atoms with Crippen molar-refractivity contribution in [2.45, 2.75) is 45.4 Å². The van der Waals surface area contributed by atoms with Crippen molar-refractivity contribution in [1.82, 2.24) is 30.0 Å². The highest BCUT2D eigenvalue weighted by Crippen LogP contribution is 2.13. The van der Waals surface area contributed by atoms with Gasteiger partial charge in [0.05, 0.1) is 19.6 Å². The molecular formula is C30H46N6O11. The van der Waals surface area contributed by atoms with Crippen LogP contribution in [0, 0.1) is 0 Å². The molecule has 1 fully saturated rings. The van der Waals surface area contributed by atoms with Gasteiger partial charge in [-0.25, -0.2) is 15.2 Å². The molecule has 262 valence electrons. The molecule has 1 atom stereocenters. The van der Waals surface area contributed by atoms with Gasteiger partial charge in [0.25, 0.3) is 0 Å². The number of carbonyl (C=O) groups excluding carboxylic acids is 2. The molecule has 2 rings (SSSR count). The molecule has 0 aliphatic carbocycles. The first-order chi connectivity index (χ1) is 22.2. The second-order valence-electron chi connectivity index (χ2n) is 11.5. The number of hydrazine groups is 1. The predicted octanol–water partition coefficient (Wildman–Crippen LogP) is -0.226. The minimum Gasteiger partial charge on any atom is -0.480 e. The summed E-state index contributed by atoms with van der Waals surface area (Å²) in [6.45, 7) is 3.46. The summed E-state index contributed by atoms with van der Waals surface area (Å²) in [6, 6.07) is 7.29. The summed E-state index contributed by atoms with van der Waals surface area (Å²) in [5, 5.41) is 39.5. The van der Waals surface area contributed by atoms with Gasteiger partial charge in [0.15, 0.2) is 0 Å². The van der Waals surface area contributed by atoms with Crippen LogP contribution >= 0.6 is 0 Å². The largest absolute Gasteiger partial charge is 0.480 e. The lowest BCUT2D eigenvalue weighted by atomic mass is 10.1. The van der Waals surface area contributed by atoms with Crippen LogP contribution in [0.15, 0.2) is 30.3 Å². The van der Waals surface area contributed by atoms with Gasteiger partial charge in [-0.15, -0.1) is 0 Å². The summed E-state index contributed by atoms with van der Waals surface area (Å²) < 4.78 is 5.21. The van der Waals surface area contributed by atoms with Crippen molar-refractivity contribution < 1.29 is 53.9 Å². The number of carboxylic acids is 4. The maximum atomic E-state index is 13.2. The Morgan fingerprint density at radius 2 is 1.19 bits per heavy atom. The highest BCUT2D eigenvalue weighted by Gasteiger charge is 2.30. The Morgan fingerprint density at radius 3 is 1.60 bits per heavy atom. The zero-order chi connectivity index (χ0) is 34.9. The van der Waals surface area contributed by atoms with Gasteiger partial charge in [0, 0.05) is 64.8 Å². The third-order valence-electron chi connectivity index (χ3n) is 7.52. The molecule has 47 heavy (non-hydrogen) atoms. The normalized spacial score (nSPS) is 16.7. The van der Waals surface area contributed by atoms with Crippen molar-refractivity contribution in [1.29, 1.82) is 0 Å². The molecule has 1 aliphatic heterocycles. The molecular weight excluding hydrogens is 620 g/mol. The topological polar surface area (TPSA) is 221 Å². The maximum Gasteiger partial charge on any atom is 0.426 e. The monoisotopic (exact) mass is 666 g/mol. The van der Waals surface area contributed by atoms with Crippen molar-refractivity contribution >= 4 is 35.9 Å². The van der Waals surface area contributed by atoms with E-state index in [2.05, 4.69) is 5.43 Å². The van der Waals surface area contributed by atoms with Gasteiger partial charge >= 0.3 is 30.0 Å². The fourth-order valence-electron chi connectivity index (χ4n) is 5.09. The first-order valence-electron chi connectivity index (χ1n) is 15.3. The molecule has 0 aromatic heterocycles. The fraction of sp³-hybridized carbons (Fsp3) is 0.600. The van der Waals surface area contributed by atoms with Crippen molar-refractivity contribution in [3.63, 3.8) is 0 Å². The van der Waals surface area contributed by atoms with Crippen LogP contribution < -0.4 is 5.43 Å². The quantitative estimate of drug-likeness (QED) is 0.162. The van der Waals surface area contributed by atoms with Gasteiger partial charge in [0.1, 0.15) is 12.6 Å². The van der Waals surface area contributed by atoms with Crippen LogP contribution in [-0.4, -0.2) is 165 Å². The number of rotatable bonds is 14. The Morgan fingerprint density at radius 1 is 0.745 bits per heavy atom. The second-order valence-corrected chi connectivity index (χ2v) is 11.5. The van der Waals surface area contributed by atoms with Gasteiger partial charge in [0.2, 0.25) is 5.91 Å². The van der Waals surface area contributed by atoms with Crippen molar-refractivity contribution in [3.05, 3.63) is 35.9 Å². The van der Waals surface area contributed by atoms with Crippen molar-refractivity contribution in [2.75, 3.05) is 72.0 Å². The third-order valence-corrected chi connectivity index (χ3v) is 7.52. The van der Waals surface area contributed by atoms with E-state index in [0.29, 0.717) is 0 Å². The number of hydrogen-bond donors (Lipinski definition) is 5. The van der Waals surface area contributed by atoms with Gasteiger partial charge < -0.3 is 25.2 Å². The molecule has 0 radical (unpaired) electrons. The average Bonchev–Trinajstić information content (AvgIpc) is 2.99. The lowest BCUT2D eigenvalue weighted by Crippen LogP contribution is -2.53. The molecule has 2 amide bonds. The standard InChI is InChI=1S/C30H46N6O11/c1-22(2)36(31-30(46)47-21-23-6-4-3-5-7-23)25(37)9-8-24(29(44)45)35-16-14-33(19-27(40)41)12-10-32(18-26(38)39)11-13-34(15-17-35)20-28(42)43/h3-7,22,24H,8-21H2,1-2H3,(H,31,46)(H,38,39)(H,40,41)(H,42,43)(H,44,45). The predicted molar refractivity (Wildman–Crippen MR) is 166 cm³/mol. The van der Waals surface area contributed by atoms with Crippen molar-refractivity contribution in [3.8, 4) is 0 Å². The average molecular weight is 667 g/mol. The van der Waals surface area contributed by atoms with Crippen LogP contribution in [0.25, 0.3) is 0 Å². The summed E-state index contributed by atoms with van der Waals surface area (Å²) in [7, 11) is 0. The summed E-state index contributed by atoms with van der Waals surface area (Å²) in [5.74, 6) is -5.06. The van der Waals surface area contributed by atoms with E-state index in [-0.39, 0.29) is 91.4 Å². The number of hydrogen-bond acceptors (Lipinski definition) is 11. The lowest BCUT2D eigenvalue weighted by molar-refractivity contribution is -0.146. The molecule has 1 aliphatic rings. The number of aliphatic carboxylic acids is 4. The Labute approximate surface area is 273 Å². The highest BCUT2D eigenvalue weighted by atomic mass is 16.6. The van der Waals surface area contributed by atoms with E-state index < -0.39 is 48.0 Å². The second kappa shape index (κ2) is 20.0. The number of benzene rings is 1. The molecule has 17 heteroatoms. The van der Waals surface area contributed by atoms with Crippen LogP contribution in [0.3, 0.4) is 0 Å². The Balaban J connectivity index is 2.17. The molecule has 0 spiro atoms. The molecule has 1 unspecified atom stereocenters. The van der Waals surface area contributed by atoms with Crippen LogP contribution in [0.5, 0.6) is 0 Å². The number of nitrogens with one attached hydrogen (secondary N) is 1. The van der Waals surface area contributed by atoms with Gasteiger partial charge in [-0.2, -0.15) is 0 Å². The number of carbonyl (C=O) groups is 6.